The summed E-state index contributed by atoms with van der Waals surface area (Å²) in [6.07, 6.45) is 0.907. The van der Waals surface area contributed by atoms with E-state index in [1.54, 1.807) is 6.92 Å². The fraction of sp³-hybridized carbons (Fsp3) is 1.00. The van der Waals surface area contributed by atoms with E-state index in [4.69, 9.17) is 5.11 Å². The van der Waals surface area contributed by atoms with Crippen LogP contribution in [0.2, 0.25) is 0 Å². The summed E-state index contributed by atoms with van der Waals surface area (Å²) in [4.78, 5) is 2.32. The van der Waals surface area contributed by atoms with Gasteiger partial charge in [-0.3, -0.25) is 0 Å². The first kappa shape index (κ1) is 12.9. The molecule has 0 aromatic rings. The van der Waals surface area contributed by atoms with E-state index in [1.807, 2.05) is 0 Å². The predicted molar refractivity (Wildman–Crippen MR) is 56.9 cm³/mol. The van der Waals surface area contributed by atoms with Crippen LogP contribution >= 0.6 is 0 Å². The maximum Gasteiger partial charge on any atom is 0.0636 e. The van der Waals surface area contributed by atoms with Crippen LogP contribution in [-0.4, -0.2) is 48.8 Å². The highest BCUT2D eigenvalue weighted by Gasteiger charge is 2.01. The van der Waals surface area contributed by atoms with E-state index >= 15 is 0 Å². The summed E-state index contributed by atoms with van der Waals surface area (Å²) in [5, 5.41) is 12.2. The van der Waals surface area contributed by atoms with E-state index in [0.717, 1.165) is 19.5 Å². The molecule has 80 valence electrons. The molecule has 0 rings (SSSR count). The van der Waals surface area contributed by atoms with Gasteiger partial charge in [0, 0.05) is 12.6 Å². The van der Waals surface area contributed by atoms with Gasteiger partial charge in [0.2, 0.25) is 0 Å². The number of rotatable bonds is 7. The van der Waals surface area contributed by atoms with Crippen molar-refractivity contribution in [2.75, 3.05) is 26.7 Å². The molecule has 1 atom stereocenters. The fourth-order valence-electron chi connectivity index (χ4n) is 1.02. The van der Waals surface area contributed by atoms with Gasteiger partial charge in [-0.15, -0.1) is 0 Å². The Kier molecular flexibility index (Phi) is 7.23. The van der Waals surface area contributed by atoms with Crippen LogP contribution in [0.1, 0.15) is 27.2 Å². The van der Waals surface area contributed by atoms with Crippen molar-refractivity contribution < 1.29 is 5.11 Å². The van der Waals surface area contributed by atoms with Gasteiger partial charge in [0.15, 0.2) is 0 Å². The molecule has 0 bridgehead atoms. The minimum Gasteiger partial charge on any atom is -0.392 e. The molecule has 0 radical (unpaired) electrons. The molecule has 0 fully saturated rings. The zero-order chi connectivity index (χ0) is 10.3. The summed E-state index contributed by atoms with van der Waals surface area (Å²) in [6.45, 7) is 9.00. The Balaban J connectivity index is 3.16. The fourth-order valence-corrected chi connectivity index (χ4v) is 1.02. The minimum absolute atomic E-state index is 0.233. The number of hydrogen-bond acceptors (Lipinski definition) is 3. The first-order chi connectivity index (χ1) is 6.04. The third-order valence-electron chi connectivity index (χ3n) is 2.19. The molecule has 13 heavy (non-hydrogen) atoms. The number of aliphatic hydroxyl groups is 1. The molecule has 0 unspecified atom stereocenters. The molecule has 0 saturated heterocycles. The molecular weight excluding hydrogens is 164 g/mol. The Labute approximate surface area is 82.1 Å². The summed E-state index contributed by atoms with van der Waals surface area (Å²) in [5.41, 5.74) is 0. The quantitative estimate of drug-likeness (QED) is 0.577. The molecule has 0 saturated carbocycles. The van der Waals surface area contributed by atoms with Crippen LogP contribution < -0.4 is 5.32 Å². The van der Waals surface area contributed by atoms with Crippen LogP contribution in [0, 0.1) is 0 Å². The van der Waals surface area contributed by atoms with E-state index in [2.05, 4.69) is 31.1 Å². The summed E-state index contributed by atoms with van der Waals surface area (Å²) >= 11 is 0. The van der Waals surface area contributed by atoms with Gasteiger partial charge in [0.05, 0.1) is 6.10 Å². The van der Waals surface area contributed by atoms with Crippen molar-refractivity contribution in [3.63, 3.8) is 0 Å². The third kappa shape index (κ3) is 8.22. The van der Waals surface area contributed by atoms with Crippen molar-refractivity contribution in [2.45, 2.75) is 39.3 Å². The Morgan fingerprint density at radius 2 is 1.92 bits per heavy atom. The van der Waals surface area contributed by atoms with Crippen molar-refractivity contribution in [3.05, 3.63) is 0 Å². The Hall–Kier alpha value is -0.120. The van der Waals surface area contributed by atoms with Gasteiger partial charge >= 0.3 is 0 Å². The second-order valence-corrected chi connectivity index (χ2v) is 3.98. The van der Waals surface area contributed by atoms with Crippen molar-refractivity contribution in [1.82, 2.24) is 10.2 Å². The van der Waals surface area contributed by atoms with E-state index in [9.17, 15) is 0 Å². The molecule has 0 aromatic carbocycles. The lowest BCUT2D eigenvalue weighted by Crippen LogP contribution is -2.31. The van der Waals surface area contributed by atoms with Crippen molar-refractivity contribution in [1.29, 1.82) is 0 Å². The number of hydrogen-bond donors (Lipinski definition) is 2. The zero-order valence-corrected chi connectivity index (χ0v) is 9.38. The average molecular weight is 188 g/mol. The SMILES string of the molecule is CC(C)N(C)CCCNC[C@H](C)O. The Morgan fingerprint density at radius 1 is 1.31 bits per heavy atom. The topological polar surface area (TPSA) is 35.5 Å². The third-order valence-corrected chi connectivity index (χ3v) is 2.19. The second-order valence-electron chi connectivity index (χ2n) is 3.98. The van der Waals surface area contributed by atoms with Gasteiger partial charge in [-0.05, 0) is 47.3 Å². The molecule has 0 aliphatic heterocycles. The molecular formula is C10H24N2O. The highest BCUT2D eigenvalue weighted by atomic mass is 16.3. The largest absolute Gasteiger partial charge is 0.392 e. The predicted octanol–water partition coefficient (Wildman–Crippen LogP) is 0.687. The summed E-state index contributed by atoms with van der Waals surface area (Å²) in [5.74, 6) is 0. The molecule has 0 aliphatic rings. The second kappa shape index (κ2) is 7.30. The zero-order valence-electron chi connectivity index (χ0n) is 9.38. The van der Waals surface area contributed by atoms with Crippen LogP contribution in [0.15, 0.2) is 0 Å². The maximum atomic E-state index is 8.98. The first-order valence-corrected chi connectivity index (χ1v) is 5.13. The summed E-state index contributed by atoms with van der Waals surface area (Å²) in [7, 11) is 2.14. The summed E-state index contributed by atoms with van der Waals surface area (Å²) in [6, 6.07) is 0.622. The monoisotopic (exact) mass is 188 g/mol. The van der Waals surface area contributed by atoms with Crippen molar-refractivity contribution >= 4 is 0 Å². The van der Waals surface area contributed by atoms with Gasteiger partial charge in [0.1, 0.15) is 0 Å². The van der Waals surface area contributed by atoms with E-state index in [1.165, 1.54) is 0 Å². The highest BCUT2D eigenvalue weighted by molar-refractivity contribution is 4.59. The van der Waals surface area contributed by atoms with Crippen molar-refractivity contribution in [2.24, 2.45) is 0 Å². The van der Waals surface area contributed by atoms with Gasteiger partial charge < -0.3 is 15.3 Å². The van der Waals surface area contributed by atoms with Crippen LogP contribution in [0.25, 0.3) is 0 Å². The van der Waals surface area contributed by atoms with E-state index < -0.39 is 0 Å². The molecule has 2 N–H and O–H groups in total. The lowest BCUT2D eigenvalue weighted by atomic mass is 10.3. The molecule has 0 aliphatic carbocycles. The lowest BCUT2D eigenvalue weighted by Gasteiger charge is -2.20. The van der Waals surface area contributed by atoms with Crippen molar-refractivity contribution in [3.8, 4) is 0 Å². The maximum absolute atomic E-state index is 8.98. The normalized spacial score (nSPS) is 14.1. The van der Waals surface area contributed by atoms with Gasteiger partial charge in [-0.1, -0.05) is 0 Å². The van der Waals surface area contributed by atoms with Gasteiger partial charge in [0.25, 0.3) is 0 Å². The molecule has 0 heterocycles. The van der Waals surface area contributed by atoms with E-state index in [-0.39, 0.29) is 6.10 Å². The minimum atomic E-state index is -0.233. The average Bonchev–Trinajstić information content (AvgIpc) is 2.02. The number of nitrogens with one attached hydrogen (secondary N) is 1. The smallest absolute Gasteiger partial charge is 0.0636 e. The molecule has 3 heteroatoms. The van der Waals surface area contributed by atoms with Crippen LogP contribution in [-0.2, 0) is 0 Å². The molecule has 3 nitrogen and oxygen atoms in total. The highest BCUT2D eigenvalue weighted by Crippen LogP contribution is 1.93. The Morgan fingerprint density at radius 3 is 2.38 bits per heavy atom. The van der Waals surface area contributed by atoms with Crippen LogP contribution in [0.5, 0.6) is 0 Å². The molecule has 0 spiro atoms. The van der Waals surface area contributed by atoms with Crippen LogP contribution in [0.4, 0.5) is 0 Å². The summed E-state index contributed by atoms with van der Waals surface area (Å²) < 4.78 is 0. The van der Waals surface area contributed by atoms with Gasteiger partial charge in [-0.2, -0.15) is 0 Å². The molecule has 0 aromatic heterocycles. The Bertz CT molecular complexity index is 115. The first-order valence-electron chi connectivity index (χ1n) is 5.13. The molecule has 0 amide bonds. The van der Waals surface area contributed by atoms with E-state index in [0.29, 0.717) is 12.6 Å². The van der Waals surface area contributed by atoms with Crippen LogP contribution in [0.3, 0.4) is 0 Å². The standard InChI is InChI=1S/C10H24N2O/c1-9(2)12(4)7-5-6-11-8-10(3)13/h9-11,13H,5-8H2,1-4H3/t10-/m0/s1. The number of aliphatic hydroxyl groups excluding tert-OH is 1. The lowest BCUT2D eigenvalue weighted by molar-refractivity contribution is 0.190. The number of nitrogens with zero attached hydrogens (tertiary/aromatic N) is 1. The van der Waals surface area contributed by atoms with Gasteiger partial charge in [-0.25, -0.2) is 0 Å².